The molecular formula is C59H64O2. The molecule has 0 aromatic heterocycles. The summed E-state index contributed by atoms with van der Waals surface area (Å²) in [5.41, 5.74) is 13.6. The number of rotatable bonds is 0. The van der Waals surface area contributed by atoms with Crippen LogP contribution >= 0.6 is 0 Å². The third-order valence-corrected chi connectivity index (χ3v) is 12.9. The van der Waals surface area contributed by atoms with Gasteiger partial charge in [-0.2, -0.15) is 0 Å². The second-order valence-corrected chi connectivity index (χ2v) is 21.4. The number of ether oxygens (including phenoxy) is 2. The van der Waals surface area contributed by atoms with Crippen LogP contribution in [0.3, 0.4) is 0 Å². The average molecular weight is 805 g/mol. The second kappa shape index (κ2) is 14.8. The summed E-state index contributed by atoms with van der Waals surface area (Å²) in [5.74, 6) is 2.01. The summed E-state index contributed by atoms with van der Waals surface area (Å²) in [5, 5.41) is 10.2. The molecule has 10 rings (SSSR count). The molecule has 312 valence electrons. The van der Waals surface area contributed by atoms with Crippen LogP contribution < -0.4 is 9.47 Å². The van der Waals surface area contributed by atoms with Gasteiger partial charge in [0.2, 0.25) is 0 Å². The van der Waals surface area contributed by atoms with Crippen molar-refractivity contribution in [1.29, 1.82) is 0 Å². The molecule has 2 aliphatic heterocycles. The molecule has 0 atom stereocenters. The topological polar surface area (TPSA) is 18.5 Å². The van der Waals surface area contributed by atoms with Gasteiger partial charge in [-0.05, 0) is 105 Å². The van der Waals surface area contributed by atoms with Gasteiger partial charge in [-0.3, -0.25) is 0 Å². The van der Waals surface area contributed by atoms with Gasteiger partial charge in [0.05, 0.1) is 0 Å². The minimum absolute atomic E-state index is 0. The van der Waals surface area contributed by atoms with Gasteiger partial charge in [0.15, 0.2) is 0 Å². The zero-order valence-corrected chi connectivity index (χ0v) is 37.8. The first-order chi connectivity index (χ1) is 28.2. The van der Waals surface area contributed by atoms with Gasteiger partial charge in [-0.1, -0.05) is 200 Å². The molecule has 0 saturated heterocycles. The summed E-state index contributed by atoms with van der Waals surface area (Å²) in [4.78, 5) is 0. The van der Waals surface area contributed by atoms with Crippen molar-refractivity contribution in [3.05, 3.63) is 155 Å². The lowest BCUT2D eigenvalue weighted by Crippen LogP contribution is -2.12. The van der Waals surface area contributed by atoms with Gasteiger partial charge in [-0.25, -0.2) is 0 Å². The second-order valence-electron chi connectivity index (χ2n) is 21.4. The van der Waals surface area contributed by atoms with Gasteiger partial charge >= 0.3 is 0 Å². The minimum atomic E-state index is 0. The Morgan fingerprint density at radius 1 is 0.328 bits per heavy atom. The molecule has 0 amide bonds. The molecule has 0 spiro atoms. The first-order valence-corrected chi connectivity index (χ1v) is 21.8. The van der Waals surface area contributed by atoms with Crippen molar-refractivity contribution in [3.63, 3.8) is 0 Å². The van der Waals surface area contributed by atoms with Crippen LogP contribution in [0.1, 0.15) is 124 Å². The Kier molecular flexibility index (Phi) is 10.2. The zero-order chi connectivity index (χ0) is 42.5. The molecule has 0 saturated carbocycles. The van der Waals surface area contributed by atoms with Crippen LogP contribution in [0.15, 0.2) is 121 Å². The molecule has 0 radical (unpaired) electrons. The van der Waals surface area contributed by atoms with Crippen LogP contribution in [0, 0.1) is 0 Å². The Hall–Kier alpha value is -5.60. The molecule has 0 fully saturated rings. The molecule has 0 unspecified atom stereocenters. The van der Waals surface area contributed by atoms with Crippen molar-refractivity contribution in [2.45, 2.75) is 125 Å². The lowest BCUT2D eigenvalue weighted by Gasteiger charge is -2.26. The van der Waals surface area contributed by atoms with Crippen molar-refractivity contribution in [2.24, 2.45) is 0 Å². The average Bonchev–Trinajstić information content (AvgIpc) is 3.20. The highest BCUT2D eigenvalue weighted by atomic mass is 16.5. The van der Waals surface area contributed by atoms with E-state index in [4.69, 9.17) is 9.47 Å². The molecule has 2 aliphatic rings. The summed E-state index contributed by atoms with van der Waals surface area (Å²) in [6, 6.07) is 45.5. The molecule has 2 nitrogen and oxygen atoms in total. The van der Waals surface area contributed by atoms with Crippen molar-refractivity contribution in [1.82, 2.24) is 0 Å². The molecule has 61 heavy (non-hydrogen) atoms. The van der Waals surface area contributed by atoms with Gasteiger partial charge in [0.1, 0.15) is 24.7 Å². The van der Waals surface area contributed by atoms with Crippen LogP contribution in [0.25, 0.3) is 65.3 Å². The molecule has 2 heterocycles. The van der Waals surface area contributed by atoms with Crippen LogP contribution in [0.5, 0.6) is 11.5 Å². The lowest BCUT2D eigenvalue weighted by atomic mass is 9.83. The van der Waals surface area contributed by atoms with Crippen LogP contribution in [0.4, 0.5) is 0 Å². The predicted octanol–water partition coefficient (Wildman–Crippen LogP) is 16.9. The first kappa shape index (κ1) is 42.1. The maximum Gasteiger partial charge on any atom is 0.135 e. The van der Waals surface area contributed by atoms with E-state index in [1.165, 1.54) is 98.7 Å². The quantitative estimate of drug-likeness (QED) is 0.152. The van der Waals surface area contributed by atoms with E-state index in [1.54, 1.807) is 0 Å². The molecular weight excluding hydrogens is 741 g/mol. The van der Waals surface area contributed by atoms with E-state index in [9.17, 15) is 0 Å². The summed E-state index contributed by atoms with van der Waals surface area (Å²) in [6.07, 6.45) is 0. The predicted molar refractivity (Wildman–Crippen MR) is 264 cm³/mol. The lowest BCUT2D eigenvalue weighted by molar-refractivity contribution is 0.304. The number of benzene rings is 8. The normalized spacial score (nSPS) is 13.6. The molecule has 0 bridgehead atoms. The van der Waals surface area contributed by atoms with Crippen molar-refractivity contribution in [3.8, 4) is 33.8 Å². The van der Waals surface area contributed by atoms with Crippen LogP contribution in [-0.4, -0.2) is 0 Å². The van der Waals surface area contributed by atoms with E-state index in [-0.39, 0.29) is 29.1 Å². The first-order valence-electron chi connectivity index (χ1n) is 21.8. The Labute approximate surface area is 364 Å². The highest BCUT2D eigenvalue weighted by Gasteiger charge is 2.25. The Bertz CT molecular complexity index is 2740. The fraction of sp³-hybridized carbons (Fsp3) is 0.322. The summed E-state index contributed by atoms with van der Waals surface area (Å²) in [7, 11) is 0. The van der Waals surface area contributed by atoms with E-state index in [1.807, 2.05) is 0 Å². The molecule has 8 aromatic carbocycles. The molecule has 0 aliphatic carbocycles. The van der Waals surface area contributed by atoms with E-state index in [0.29, 0.717) is 13.2 Å². The third kappa shape index (κ3) is 7.69. The fourth-order valence-corrected chi connectivity index (χ4v) is 9.04. The van der Waals surface area contributed by atoms with Crippen LogP contribution in [-0.2, 0) is 34.9 Å². The fourth-order valence-electron chi connectivity index (χ4n) is 9.04. The standard InChI is InChI=1S/2C29H30O.CH4/c1-28(2,3)20-9-13-22-18(15-20)7-11-24-25-12-8-19-16-21(29(4,5)6)10-14-23(19)27(25)30-17-26(22)24;1-28(2,3)21-9-7-18-15-25-24-11-8-19-13-22(29(4,5)6)10-12-23(19)26(24)17-30-27(25)16-20(18)14-21;/h2*7-16H,17H2,1-6H3;1H4. The van der Waals surface area contributed by atoms with Crippen molar-refractivity contribution in [2.75, 3.05) is 0 Å². The van der Waals surface area contributed by atoms with Gasteiger partial charge in [0.25, 0.3) is 0 Å². The molecule has 2 heteroatoms. The van der Waals surface area contributed by atoms with Gasteiger partial charge in [-0.15, -0.1) is 0 Å². The van der Waals surface area contributed by atoms with E-state index in [2.05, 4.69) is 204 Å². The summed E-state index contributed by atoms with van der Waals surface area (Å²) < 4.78 is 12.7. The van der Waals surface area contributed by atoms with Gasteiger partial charge in [0, 0.05) is 27.6 Å². The zero-order valence-electron chi connectivity index (χ0n) is 37.8. The monoisotopic (exact) mass is 804 g/mol. The van der Waals surface area contributed by atoms with Crippen LogP contribution in [0.2, 0.25) is 0 Å². The third-order valence-electron chi connectivity index (χ3n) is 12.9. The summed E-state index contributed by atoms with van der Waals surface area (Å²) in [6.45, 7) is 28.4. The maximum absolute atomic E-state index is 6.39. The van der Waals surface area contributed by atoms with Gasteiger partial charge < -0.3 is 9.47 Å². The number of hydrogen-bond acceptors (Lipinski definition) is 2. The van der Waals surface area contributed by atoms with E-state index in [0.717, 1.165) is 11.5 Å². The largest absolute Gasteiger partial charge is 0.488 e. The SMILES string of the molecule is C.CC(C)(C)c1ccc2c3c(ccc2c1)-c1ccc2cc(C(C)(C)C)ccc2c1OC3.CC(C)(C)c1ccc2cc3c(cc2c1)OCc1c-3ccc2cc(C(C)(C)C)ccc12. The number of hydrogen-bond donors (Lipinski definition) is 0. The minimum Gasteiger partial charge on any atom is -0.488 e. The van der Waals surface area contributed by atoms with E-state index < -0.39 is 0 Å². The molecule has 0 N–H and O–H groups in total. The maximum atomic E-state index is 6.39. The smallest absolute Gasteiger partial charge is 0.135 e. The Morgan fingerprint density at radius 2 is 0.705 bits per heavy atom. The summed E-state index contributed by atoms with van der Waals surface area (Å²) >= 11 is 0. The molecule has 8 aromatic rings. The van der Waals surface area contributed by atoms with Crippen molar-refractivity contribution < 1.29 is 9.47 Å². The number of fused-ring (bicyclic) bond motifs is 13. The van der Waals surface area contributed by atoms with E-state index >= 15 is 0 Å². The Balaban J connectivity index is 0.000000166. The van der Waals surface area contributed by atoms with Crippen molar-refractivity contribution >= 4 is 43.1 Å². The highest BCUT2D eigenvalue weighted by molar-refractivity contribution is 6.01. The Morgan fingerprint density at radius 3 is 1.20 bits per heavy atom. The highest BCUT2D eigenvalue weighted by Crippen LogP contribution is 2.46.